The molecule has 1 amide bonds. The van der Waals surface area contributed by atoms with E-state index in [0.717, 1.165) is 12.8 Å². The molecule has 2 aliphatic rings. The largest absolute Gasteiger partial charge is 0.352 e. The van der Waals surface area contributed by atoms with Crippen molar-refractivity contribution in [1.82, 2.24) is 14.5 Å². The van der Waals surface area contributed by atoms with Gasteiger partial charge in [0, 0.05) is 32.2 Å². The maximum atomic E-state index is 12.7. The van der Waals surface area contributed by atoms with E-state index in [0.29, 0.717) is 44.3 Å². The van der Waals surface area contributed by atoms with Crippen LogP contribution in [0.3, 0.4) is 0 Å². The van der Waals surface area contributed by atoms with E-state index in [1.807, 2.05) is 11.0 Å². The SMILES string of the molecule is N#Cc1cccc(S(=O)(=O)N2CCN(CC(=O)NC3CC3)CC2)c1. The van der Waals surface area contributed by atoms with Gasteiger partial charge in [0.25, 0.3) is 0 Å². The molecule has 8 heteroatoms. The predicted octanol–water partition coefficient (Wildman–Crippen LogP) is 0.143. The van der Waals surface area contributed by atoms with Crippen LogP contribution in [-0.4, -0.2) is 62.3 Å². The van der Waals surface area contributed by atoms with Crippen LogP contribution in [0.4, 0.5) is 0 Å². The molecular weight excluding hydrogens is 328 g/mol. The summed E-state index contributed by atoms with van der Waals surface area (Å²) in [5, 5.41) is 11.9. The molecule has 1 N–H and O–H groups in total. The van der Waals surface area contributed by atoms with Gasteiger partial charge in [-0.25, -0.2) is 8.42 Å². The van der Waals surface area contributed by atoms with E-state index in [1.54, 1.807) is 12.1 Å². The van der Waals surface area contributed by atoms with Crippen LogP contribution in [0.2, 0.25) is 0 Å². The molecule has 1 heterocycles. The van der Waals surface area contributed by atoms with Crippen LogP contribution >= 0.6 is 0 Å². The summed E-state index contributed by atoms with van der Waals surface area (Å²) in [6, 6.07) is 8.35. The Balaban J connectivity index is 1.58. The fourth-order valence-electron chi connectivity index (χ4n) is 2.71. The summed E-state index contributed by atoms with van der Waals surface area (Å²) >= 11 is 0. The molecule has 24 heavy (non-hydrogen) atoms. The smallest absolute Gasteiger partial charge is 0.243 e. The second kappa shape index (κ2) is 6.89. The molecule has 3 rings (SSSR count). The van der Waals surface area contributed by atoms with E-state index in [9.17, 15) is 13.2 Å². The van der Waals surface area contributed by atoms with Crippen LogP contribution in [0.1, 0.15) is 18.4 Å². The van der Waals surface area contributed by atoms with E-state index >= 15 is 0 Å². The summed E-state index contributed by atoms with van der Waals surface area (Å²) in [6.07, 6.45) is 2.11. The van der Waals surface area contributed by atoms with Crippen molar-refractivity contribution in [2.45, 2.75) is 23.8 Å². The lowest BCUT2D eigenvalue weighted by Crippen LogP contribution is -2.51. The highest BCUT2D eigenvalue weighted by Gasteiger charge is 2.30. The minimum atomic E-state index is -3.60. The van der Waals surface area contributed by atoms with E-state index in [2.05, 4.69) is 5.32 Å². The number of sulfonamides is 1. The lowest BCUT2D eigenvalue weighted by molar-refractivity contribution is -0.122. The van der Waals surface area contributed by atoms with Crippen LogP contribution in [0.15, 0.2) is 29.2 Å². The molecule has 7 nitrogen and oxygen atoms in total. The summed E-state index contributed by atoms with van der Waals surface area (Å²) in [6.45, 7) is 2.05. The predicted molar refractivity (Wildman–Crippen MR) is 87.5 cm³/mol. The number of rotatable bonds is 5. The Morgan fingerprint density at radius 1 is 1.25 bits per heavy atom. The molecule has 0 atom stereocenters. The number of carbonyl (C=O) groups is 1. The van der Waals surface area contributed by atoms with E-state index in [1.165, 1.54) is 16.4 Å². The Morgan fingerprint density at radius 2 is 1.96 bits per heavy atom. The van der Waals surface area contributed by atoms with Crippen LogP contribution in [0.5, 0.6) is 0 Å². The Bertz CT molecular complexity index is 760. The third-order valence-corrected chi connectivity index (χ3v) is 6.14. The number of hydrogen-bond donors (Lipinski definition) is 1. The molecule has 2 fully saturated rings. The van der Waals surface area contributed by atoms with Gasteiger partial charge < -0.3 is 5.32 Å². The van der Waals surface area contributed by atoms with Crippen molar-refractivity contribution in [3.63, 3.8) is 0 Å². The molecular formula is C16H20N4O3S. The number of nitrogens with zero attached hydrogens (tertiary/aromatic N) is 3. The number of carbonyl (C=O) groups excluding carboxylic acids is 1. The Kier molecular flexibility index (Phi) is 4.85. The molecule has 1 aliphatic carbocycles. The zero-order valence-corrected chi connectivity index (χ0v) is 14.1. The minimum absolute atomic E-state index is 0.00975. The number of benzene rings is 1. The van der Waals surface area contributed by atoms with E-state index in [-0.39, 0.29) is 10.8 Å². The average Bonchev–Trinajstić information content (AvgIpc) is 3.39. The van der Waals surface area contributed by atoms with Gasteiger partial charge in [-0.1, -0.05) is 6.07 Å². The standard InChI is InChI=1S/C16H20N4O3S/c17-11-13-2-1-3-15(10-13)24(22,23)20-8-6-19(7-9-20)12-16(21)18-14-4-5-14/h1-3,10,14H,4-9,12H2,(H,18,21). The topological polar surface area (TPSA) is 93.5 Å². The molecule has 1 saturated carbocycles. The first-order chi connectivity index (χ1) is 11.5. The number of nitrogens with one attached hydrogen (secondary N) is 1. The minimum Gasteiger partial charge on any atom is -0.352 e. The first kappa shape index (κ1) is 16.9. The number of hydrogen-bond acceptors (Lipinski definition) is 5. The molecule has 0 spiro atoms. The van der Waals surface area contributed by atoms with Gasteiger partial charge in [-0.05, 0) is 31.0 Å². The Morgan fingerprint density at radius 3 is 2.58 bits per heavy atom. The second-order valence-electron chi connectivity index (χ2n) is 6.16. The lowest BCUT2D eigenvalue weighted by atomic mass is 10.2. The first-order valence-electron chi connectivity index (χ1n) is 8.01. The molecule has 0 radical (unpaired) electrons. The highest BCUT2D eigenvalue weighted by molar-refractivity contribution is 7.89. The first-order valence-corrected chi connectivity index (χ1v) is 9.45. The van der Waals surface area contributed by atoms with E-state index in [4.69, 9.17) is 5.26 Å². The molecule has 1 aromatic rings. The van der Waals surface area contributed by atoms with Crippen molar-refractivity contribution in [2.24, 2.45) is 0 Å². The van der Waals surface area contributed by atoms with Gasteiger partial charge in [0.2, 0.25) is 15.9 Å². The summed E-state index contributed by atoms with van der Waals surface area (Å²) in [7, 11) is -3.60. The maximum Gasteiger partial charge on any atom is 0.243 e. The maximum absolute atomic E-state index is 12.7. The molecule has 1 saturated heterocycles. The van der Waals surface area contributed by atoms with Crippen LogP contribution < -0.4 is 5.32 Å². The van der Waals surface area contributed by atoms with Crippen LogP contribution in [0, 0.1) is 11.3 Å². The molecule has 1 aliphatic heterocycles. The van der Waals surface area contributed by atoms with Gasteiger partial charge in [0.05, 0.1) is 23.1 Å². The fourth-order valence-corrected chi connectivity index (χ4v) is 4.18. The van der Waals surface area contributed by atoms with Crippen LogP contribution in [-0.2, 0) is 14.8 Å². The third kappa shape index (κ3) is 3.93. The summed E-state index contributed by atoms with van der Waals surface area (Å²) in [5.74, 6) is 0.00975. The van der Waals surface area contributed by atoms with Crippen LogP contribution in [0.25, 0.3) is 0 Å². The van der Waals surface area contributed by atoms with Gasteiger partial charge in [-0.3, -0.25) is 9.69 Å². The number of piperazine rings is 1. The molecule has 0 bridgehead atoms. The van der Waals surface area contributed by atoms with Crippen molar-refractivity contribution in [3.05, 3.63) is 29.8 Å². The number of nitriles is 1. The zero-order valence-electron chi connectivity index (χ0n) is 13.3. The zero-order chi connectivity index (χ0) is 17.2. The lowest BCUT2D eigenvalue weighted by Gasteiger charge is -2.33. The molecule has 0 aromatic heterocycles. The van der Waals surface area contributed by atoms with Crippen molar-refractivity contribution in [2.75, 3.05) is 32.7 Å². The molecule has 0 unspecified atom stereocenters. The van der Waals surface area contributed by atoms with Gasteiger partial charge >= 0.3 is 0 Å². The average molecular weight is 348 g/mol. The quantitative estimate of drug-likeness (QED) is 0.817. The van der Waals surface area contributed by atoms with Gasteiger partial charge in [-0.2, -0.15) is 9.57 Å². The summed E-state index contributed by atoms with van der Waals surface area (Å²) in [4.78, 5) is 13.9. The molecule has 128 valence electrons. The summed E-state index contributed by atoms with van der Waals surface area (Å²) < 4.78 is 26.7. The van der Waals surface area contributed by atoms with Gasteiger partial charge in [-0.15, -0.1) is 0 Å². The molecule has 1 aromatic carbocycles. The van der Waals surface area contributed by atoms with Crippen molar-refractivity contribution < 1.29 is 13.2 Å². The van der Waals surface area contributed by atoms with Crippen molar-refractivity contribution in [1.29, 1.82) is 5.26 Å². The normalized spacial score (nSPS) is 19.6. The Labute approximate surface area is 141 Å². The highest BCUT2D eigenvalue weighted by Crippen LogP contribution is 2.20. The summed E-state index contributed by atoms with van der Waals surface area (Å²) in [5.41, 5.74) is 0.325. The monoisotopic (exact) mass is 348 g/mol. The second-order valence-corrected chi connectivity index (χ2v) is 8.10. The highest BCUT2D eigenvalue weighted by atomic mass is 32.2. The van der Waals surface area contributed by atoms with Gasteiger partial charge in [0.15, 0.2) is 0 Å². The van der Waals surface area contributed by atoms with E-state index < -0.39 is 10.0 Å². The fraction of sp³-hybridized carbons (Fsp3) is 0.500. The van der Waals surface area contributed by atoms with Crippen molar-refractivity contribution >= 4 is 15.9 Å². The van der Waals surface area contributed by atoms with Crippen molar-refractivity contribution in [3.8, 4) is 6.07 Å². The number of amides is 1. The Hall–Kier alpha value is -1.95. The van der Waals surface area contributed by atoms with Gasteiger partial charge in [0.1, 0.15) is 0 Å². The third-order valence-electron chi connectivity index (χ3n) is 4.24.